The average Bonchev–Trinajstić information content (AvgIpc) is 3.01. The van der Waals surface area contributed by atoms with Crippen molar-refractivity contribution in [3.8, 4) is 0 Å². The van der Waals surface area contributed by atoms with Crippen LogP contribution in [0.4, 0.5) is 13.2 Å². The molecule has 0 saturated carbocycles. The minimum Gasteiger partial charge on any atom is -0.350 e. The van der Waals surface area contributed by atoms with E-state index in [1.54, 1.807) is 7.05 Å². The highest BCUT2D eigenvalue weighted by molar-refractivity contribution is 7.09. The number of halogens is 3. The molecule has 1 aromatic carbocycles. The van der Waals surface area contributed by atoms with E-state index >= 15 is 0 Å². The quantitative estimate of drug-likeness (QED) is 0.659. The Hall–Kier alpha value is -2.09. The van der Waals surface area contributed by atoms with Gasteiger partial charge < -0.3 is 10.6 Å². The van der Waals surface area contributed by atoms with Crippen LogP contribution in [0.1, 0.15) is 29.2 Å². The molecule has 0 amide bonds. The fraction of sp³-hybridized carbons (Fsp3) is 0.333. The maximum Gasteiger partial charge on any atom is 0.434 e. The van der Waals surface area contributed by atoms with Crippen LogP contribution in [0.2, 0.25) is 0 Å². The van der Waals surface area contributed by atoms with Crippen molar-refractivity contribution in [2.45, 2.75) is 25.7 Å². The zero-order chi connectivity index (χ0) is 16.9. The Morgan fingerprint density at radius 1 is 1.30 bits per heavy atom. The van der Waals surface area contributed by atoms with Gasteiger partial charge in [0.05, 0.1) is 12.6 Å². The van der Waals surface area contributed by atoms with Crippen LogP contribution >= 0.6 is 11.3 Å². The number of aromatic nitrogens is 1. The molecule has 2 aromatic rings. The van der Waals surface area contributed by atoms with Crippen molar-refractivity contribution < 1.29 is 13.2 Å². The number of rotatable bonds is 4. The Morgan fingerprint density at radius 3 is 2.57 bits per heavy atom. The van der Waals surface area contributed by atoms with Gasteiger partial charge in [0.25, 0.3) is 0 Å². The highest BCUT2D eigenvalue weighted by atomic mass is 32.1. The Bertz CT molecular complexity index is 652. The van der Waals surface area contributed by atoms with Gasteiger partial charge in [0.2, 0.25) is 0 Å². The summed E-state index contributed by atoms with van der Waals surface area (Å²) >= 11 is 0.968. The first kappa shape index (κ1) is 17.3. The average molecular weight is 342 g/mol. The van der Waals surface area contributed by atoms with E-state index in [0.29, 0.717) is 11.0 Å². The standard InChI is InChI=1S/C15H17F3N4S/c1-10(11-6-4-3-5-7-11)21-14(19-2)20-8-13-22-12(9-23-13)15(16,17)18/h3-7,9-10H,8H2,1-2H3,(H2,19,20,21). The Labute approximate surface area is 136 Å². The fourth-order valence-electron chi connectivity index (χ4n) is 1.91. The lowest BCUT2D eigenvalue weighted by Crippen LogP contribution is -2.38. The summed E-state index contributed by atoms with van der Waals surface area (Å²) in [6.07, 6.45) is -4.41. The van der Waals surface area contributed by atoms with Crippen molar-refractivity contribution in [1.82, 2.24) is 15.6 Å². The number of guanidine groups is 1. The molecular formula is C15H17F3N4S. The lowest BCUT2D eigenvalue weighted by molar-refractivity contribution is -0.140. The lowest BCUT2D eigenvalue weighted by atomic mass is 10.1. The molecule has 4 nitrogen and oxygen atoms in total. The van der Waals surface area contributed by atoms with E-state index in [2.05, 4.69) is 20.6 Å². The number of thiazole rings is 1. The third-order valence-corrected chi connectivity index (χ3v) is 3.97. The SMILES string of the molecule is CN=C(NCc1nc(C(F)(F)F)cs1)NC(C)c1ccccc1. The van der Waals surface area contributed by atoms with Crippen LogP contribution in [0, 0.1) is 0 Å². The minimum absolute atomic E-state index is 0.0180. The fourth-order valence-corrected chi connectivity index (χ4v) is 2.65. The second-order valence-electron chi connectivity index (χ2n) is 4.83. The molecule has 0 aliphatic heterocycles. The molecular weight excluding hydrogens is 325 g/mol. The molecule has 1 aromatic heterocycles. The summed E-state index contributed by atoms with van der Waals surface area (Å²) in [5.74, 6) is 0.505. The van der Waals surface area contributed by atoms with E-state index < -0.39 is 11.9 Å². The molecule has 0 spiro atoms. The van der Waals surface area contributed by atoms with Gasteiger partial charge in [0.1, 0.15) is 5.01 Å². The van der Waals surface area contributed by atoms with E-state index in [1.807, 2.05) is 37.3 Å². The van der Waals surface area contributed by atoms with Crippen LogP contribution in [0.15, 0.2) is 40.7 Å². The van der Waals surface area contributed by atoms with Crippen LogP contribution in [-0.2, 0) is 12.7 Å². The monoisotopic (exact) mass is 342 g/mol. The Kier molecular flexibility index (Phi) is 5.59. The van der Waals surface area contributed by atoms with Crippen LogP contribution in [0.25, 0.3) is 0 Å². The normalized spacial score (nSPS) is 13.7. The third kappa shape index (κ3) is 4.95. The summed E-state index contributed by atoms with van der Waals surface area (Å²) in [6.45, 7) is 2.16. The number of benzene rings is 1. The number of nitrogens with one attached hydrogen (secondary N) is 2. The van der Waals surface area contributed by atoms with Gasteiger partial charge in [-0.2, -0.15) is 13.2 Å². The first-order valence-electron chi connectivity index (χ1n) is 6.94. The maximum atomic E-state index is 12.5. The highest BCUT2D eigenvalue weighted by Gasteiger charge is 2.33. The molecule has 2 rings (SSSR count). The van der Waals surface area contributed by atoms with E-state index in [9.17, 15) is 13.2 Å². The molecule has 1 atom stereocenters. The summed E-state index contributed by atoms with van der Waals surface area (Å²) < 4.78 is 37.5. The summed E-state index contributed by atoms with van der Waals surface area (Å²) in [5.41, 5.74) is 0.226. The van der Waals surface area contributed by atoms with Gasteiger partial charge in [-0.3, -0.25) is 4.99 Å². The van der Waals surface area contributed by atoms with E-state index in [0.717, 1.165) is 22.3 Å². The molecule has 0 aliphatic rings. The summed E-state index contributed by atoms with van der Waals surface area (Å²) in [4.78, 5) is 7.65. The highest BCUT2D eigenvalue weighted by Crippen LogP contribution is 2.29. The molecule has 2 N–H and O–H groups in total. The molecule has 0 fully saturated rings. The predicted molar refractivity (Wildman–Crippen MR) is 85.3 cm³/mol. The molecule has 23 heavy (non-hydrogen) atoms. The molecule has 0 bridgehead atoms. The molecule has 0 radical (unpaired) electrons. The zero-order valence-electron chi connectivity index (χ0n) is 12.7. The van der Waals surface area contributed by atoms with Gasteiger partial charge in [0.15, 0.2) is 11.7 Å². The van der Waals surface area contributed by atoms with Crippen molar-refractivity contribution in [3.63, 3.8) is 0 Å². The minimum atomic E-state index is -4.41. The van der Waals surface area contributed by atoms with Gasteiger partial charge in [-0.1, -0.05) is 30.3 Å². The summed E-state index contributed by atoms with van der Waals surface area (Å²) in [6, 6.07) is 9.81. The van der Waals surface area contributed by atoms with Crippen molar-refractivity contribution >= 4 is 17.3 Å². The number of alkyl halides is 3. The summed E-state index contributed by atoms with van der Waals surface area (Å²) in [7, 11) is 1.61. The van der Waals surface area contributed by atoms with Crippen LogP contribution < -0.4 is 10.6 Å². The molecule has 1 unspecified atom stereocenters. The van der Waals surface area contributed by atoms with Gasteiger partial charge in [-0.15, -0.1) is 11.3 Å². The van der Waals surface area contributed by atoms with Crippen molar-refractivity contribution in [2.75, 3.05) is 7.05 Å². The first-order valence-corrected chi connectivity index (χ1v) is 7.82. The summed E-state index contributed by atoms with van der Waals surface area (Å²) in [5, 5.41) is 7.52. The van der Waals surface area contributed by atoms with Gasteiger partial charge >= 0.3 is 6.18 Å². The van der Waals surface area contributed by atoms with E-state index in [4.69, 9.17) is 0 Å². The lowest BCUT2D eigenvalue weighted by Gasteiger charge is -2.17. The van der Waals surface area contributed by atoms with E-state index in [1.165, 1.54) is 0 Å². The first-order chi connectivity index (χ1) is 10.9. The number of hydrogen-bond acceptors (Lipinski definition) is 3. The number of hydrogen-bond donors (Lipinski definition) is 2. The molecule has 8 heteroatoms. The Balaban J connectivity index is 1.92. The molecule has 124 valence electrons. The van der Waals surface area contributed by atoms with Crippen LogP contribution in [-0.4, -0.2) is 18.0 Å². The predicted octanol–water partition coefficient (Wildman–Crippen LogP) is 3.59. The third-order valence-electron chi connectivity index (χ3n) is 3.13. The Morgan fingerprint density at radius 2 is 2.00 bits per heavy atom. The van der Waals surface area contributed by atoms with Crippen LogP contribution in [0.5, 0.6) is 0 Å². The topological polar surface area (TPSA) is 49.3 Å². The van der Waals surface area contributed by atoms with Crippen molar-refractivity contribution in [2.24, 2.45) is 4.99 Å². The number of aliphatic imine (C=N–C) groups is 1. The number of nitrogens with zero attached hydrogens (tertiary/aromatic N) is 2. The van der Waals surface area contributed by atoms with Gasteiger partial charge in [0, 0.05) is 12.4 Å². The van der Waals surface area contributed by atoms with Crippen molar-refractivity contribution in [1.29, 1.82) is 0 Å². The maximum absolute atomic E-state index is 12.5. The second kappa shape index (κ2) is 7.45. The second-order valence-corrected chi connectivity index (χ2v) is 5.77. The van der Waals surface area contributed by atoms with Gasteiger partial charge in [-0.05, 0) is 12.5 Å². The largest absolute Gasteiger partial charge is 0.434 e. The molecule has 0 aliphatic carbocycles. The smallest absolute Gasteiger partial charge is 0.350 e. The van der Waals surface area contributed by atoms with Gasteiger partial charge in [-0.25, -0.2) is 4.98 Å². The van der Waals surface area contributed by atoms with E-state index in [-0.39, 0.29) is 12.6 Å². The zero-order valence-corrected chi connectivity index (χ0v) is 13.5. The van der Waals surface area contributed by atoms with Crippen LogP contribution in [0.3, 0.4) is 0 Å². The van der Waals surface area contributed by atoms with Crippen molar-refractivity contribution in [3.05, 3.63) is 52.0 Å². The molecule has 1 heterocycles. The molecule has 0 saturated heterocycles.